The molecule has 112 heavy (non-hydrogen) atoms. The van der Waals surface area contributed by atoms with Crippen LogP contribution in [0.15, 0.2) is 182 Å². The molecule has 6 aromatic carbocycles. The van der Waals surface area contributed by atoms with Crippen LogP contribution in [0.3, 0.4) is 0 Å². The summed E-state index contributed by atoms with van der Waals surface area (Å²) in [6.45, 7) is 2.23. The van der Waals surface area contributed by atoms with Gasteiger partial charge in [0.05, 0.1) is 89.7 Å². The highest BCUT2D eigenvalue weighted by atomic mass is 16.4. The number of rotatable bonds is 46. The number of hydrogen-bond donors (Lipinski definition) is 6. The molecule has 0 aliphatic heterocycles. The summed E-state index contributed by atoms with van der Waals surface area (Å²) in [5.41, 5.74) is 10.7. The van der Waals surface area contributed by atoms with Gasteiger partial charge in [-0.25, -0.2) is 0 Å². The summed E-state index contributed by atoms with van der Waals surface area (Å²) in [7, 11) is 0. The molecule has 0 radical (unpaired) electrons. The lowest BCUT2D eigenvalue weighted by molar-refractivity contribution is -0.151. The largest absolute Gasteiger partial charge is 0.481 e. The molecule has 28 nitrogen and oxygen atoms in total. The summed E-state index contributed by atoms with van der Waals surface area (Å²) in [6, 6.07) is 49.5. The normalized spacial score (nSPS) is 12.1. The van der Waals surface area contributed by atoms with Gasteiger partial charge in [0, 0.05) is 62.4 Å². The number of aliphatic carboxylic acids is 3. The molecule has 0 fully saturated rings. The minimum Gasteiger partial charge on any atom is -0.481 e. The Balaban J connectivity index is 1.19. The molecule has 7 aromatic rings. The maximum atomic E-state index is 15.6. The number of aromatic nitrogens is 1. The molecule has 0 unspecified atom stereocenters. The number of carbonyl (C=O) groups is 13. The van der Waals surface area contributed by atoms with Crippen LogP contribution in [0.5, 0.6) is 0 Å². The summed E-state index contributed by atoms with van der Waals surface area (Å²) < 4.78 is 0. The molecule has 4 atom stereocenters. The second-order valence-electron chi connectivity index (χ2n) is 28.2. The smallest absolute Gasteiger partial charge is 0.305 e. The minimum atomic E-state index is -1.36. The number of carbonyl (C=O) groups excluding carboxylic acids is 10. The number of H-pyrrole nitrogens is 1. The average Bonchev–Trinajstić information content (AvgIpc) is 1.56. The van der Waals surface area contributed by atoms with E-state index in [1.165, 1.54) is 14.7 Å². The zero-order valence-corrected chi connectivity index (χ0v) is 64.5. The first kappa shape index (κ1) is 87.2. The van der Waals surface area contributed by atoms with Crippen molar-refractivity contribution in [3.63, 3.8) is 0 Å². The Kier molecular flexibility index (Phi) is 34.2. The van der Waals surface area contributed by atoms with Gasteiger partial charge in [-0.15, -0.1) is 0 Å². The molecule has 1 aromatic heterocycles. The fraction of sp³-hybridized carbons (Fsp3) is 0.393. The van der Waals surface area contributed by atoms with Crippen LogP contribution in [0.4, 0.5) is 0 Å². The lowest BCUT2D eigenvalue weighted by Gasteiger charge is -2.35. The quantitative estimate of drug-likeness (QED) is 0.0224. The van der Waals surface area contributed by atoms with E-state index in [4.69, 9.17) is 5.73 Å². The highest BCUT2D eigenvalue weighted by Gasteiger charge is 2.36. The first-order chi connectivity index (χ1) is 53.6. The molecule has 0 spiro atoms. The van der Waals surface area contributed by atoms with Crippen LogP contribution in [-0.4, -0.2) is 246 Å². The average molecular weight is 1540 g/mol. The molecule has 596 valence electrons. The second-order valence-corrected chi connectivity index (χ2v) is 28.2. The number of nitrogens with two attached hydrogens (primary N) is 1. The van der Waals surface area contributed by atoms with Crippen molar-refractivity contribution in [1.29, 1.82) is 0 Å². The fourth-order valence-corrected chi connectivity index (χ4v) is 12.8. The number of primary amides is 1. The van der Waals surface area contributed by atoms with Crippen LogP contribution in [0, 0.1) is 5.92 Å². The third kappa shape index (κ3) is 27.5. The van der Waals surface area contributed by atoms with Crippen LogP contribution in [-0.2, 0) is 75.2 Å². The van der Waals surface area contributed by atoms with Gasteiger partial charge in [0.2, 0.25) is 59.1 Å². The molecular formula is C84H104N12O16. The lowest BCUT2D eigenvalue weighted by Crippen LogP contribution is -2.53. The van der Waals surface area contributed by atoms with E-state index in [0.717, 1.165) is 57.0 Å². The number of benzene rings is 6. The predicted octanol–water partition coefficient (Wildman–Crippen LogP) is 7.00. The number of carboxylic acid groups (broad SMARTS) is 3. The first-order valence-electron chi connectivity index (χ1n) is 37.6. The van der Waals surface area contributed by atoms with Crippen LogP contribution >= 0.6 is 0 Å². The molecule has 7 rings (SSSR count). The summed E-state index contributed by atoms with van der Waals surface area (Å²) in [5, 5.41) is 34.1. The minimum absolute atomic E-state index is 0.0716. The van der Waals surface area contributed by atoms with Crippen molar-refractivity contribution >= 4 is 87.9 Å². The molecule has 1 heterocycles. The van der Waals surface area contributed by atoms with E-state index in [1.54, 1.807) is 118 Å². The Bertz CT molecular complexity index is 4300. The summed E-state index contributed by atoms with van der Waals surface area (Å²) in [6.07, 6.45) is 0.584. The summed E-state index contributed by atoms with van der Waals surface area (Å²) in [4.78, 5) is 197. The predicted molar refractivity (Wildman–Crippen MR) is 420 cm³/mol. The molecular weight excluding hydrogens is 1430 g/mol. The first-order valence-corrected chi connectivity index (χ1v) is 37.6. The van der Waals surface area contributed by atoms with Crippen molar-refractivity contribution in [2.24, 2.45) is 11.7 Å². The van der Waals surface area contributed by atoms with Crippen molar-refractivity contribution in [3.05, 3.63) is 216 Å². The van der Waals surface area contributed by atoms with Crippen molar-refractivity contribution < 1.29 is 77.6 Å². The van der Waals surface area contributed by atoms with E-state index in [-0.39, 0.29) is 44.6 Å². The van der Waals surface area contributed by atoms with Crippen LogP contribution in [0.2, 0.25) is 0 Å². The number of aromatic amines is 1. The Morgan fingerprint density at radius 1 is 0.357 bits per heavy atom. The number of hydrogen-bond acceptors (Lipinski definition) is 14. The number of amides is 10. The maximum absolute atomic E-state index is 15.6. The van der Waals surface area contributed by atoms with Gasteiger partial charge in [0.1, 0.15) is 13.1 Å². The van der Waals surface area contributed by atoms with Gasteiger partial charge >= 0.3 is 17.9 Å². The van der Waals surface area contributed by atoms with E-state index < -0.39 is 193 Å². The van der Waals surface area contributed by atoms with Crippen LogP contribution in [0.1, 0.15) is 125 Å². The molecule has 0 saturated carbocycles. The third-order valence-corrected chi connectivity index (χ3v) is 19.7. The SMILES string of the molecule is CC(C)CCN(CC(=O)N(CCC(=O)O)CC(=O)N(CC(N)=O)[C@@H](C)c1ccccc1)C(=O)CN(CCC(=O)O)C(=O)CN(C(=O)CN(CCc1c[nH]c2ccccc12)C(=O)CN(CCC(=O)O)C(=O)CN(C(=O)CN(CCc1ccccc1)C(=O)CN[C@@H](C)c1ccccc1)[C@@H](C)c1ccccc1)[C@@H](C)c1ccccc1. The summed E-state index contributed by atoms with van der Waals surface area (Å²) in [5.74, 6) is -11.9. The van der Waals surface area contributed by atoms with Crippen molar-refractivity contribution in [2.75, 3.05) is 105 Å². The zero-order chi connectivity index (χ0) is 81.4. The maximum Gasteiger partial charge on any atom is 0.305 e. The number of para-hydroxylation sites is 1. The number of fused-ring (bicyclic) bond motifs is 1. The topological polar surface area (TPSA) is 366 Å². The monoisotopic (exact) mass is 1540 g/mol. The van der Waals surface area contributed by atoms with Gasteiger partial charge < -0.3 is 75.5 Å². The van der Waals surface area contributed by atoms with E-state index in [1.807, 2.05) is 106 Å². The molecule has 0 aliphatic carbocycles. The van der Waals surface area contributed by atoms with E-state index in [9.17, 15) is 53.7 Å². The zero-order valence-electron chi connectivity index (χ0n) is 64.5. The lowest BCUT2D eigenvalue weighted by atomic mass is 10.1. The molecule has 0 aliphatic rings. The third-order valence-electron chi connectivity index (χ3n) is 19.7. The second kappa shape index (κ2) is 43.9. The van der Waals surface area contributed by atoms with Crippen molar-refractivity contribution in [1.82, 2.24) is 54.4 Å². The van der Waals surface area contributed by atoms with E-state index in [2.05, 4.69) is 10.3 Å². The van der Waals surface area contributed by atoms with Crippen LogP contribution in [0.25, 0.3) is 10.9 Å². The Hall–Kier alpha value is -12.1. The summed E-state index contributed by atoms with van der Waals surface area (Å²) >= 11 is 0. The molecule has 28 heteroatoms. The highest BCUT2D eigenvalue weighted by Crippen LogP contribution is 2.26. The van der Waals surface area contributed by atoms with Crippen molar-refractivity contribution in [3.8, 4) is 0 Å². The molecule has 0 bridgehead atoms. The standard InChI is InChI=1S/C84H104N12O16/c1-59(2)36-42-89(51-76(101)93(47-41-84(111)112)55-79(104)94(50-72(85)97)61(4)66-28-16-9-17-29-66)74(99)52-91(45-39-82(107)108)78(103)58-96(63(6)68-32-20-11-21-33-68)81(106)56-90(44-38-69-48-87-71-35-23-22-34-70(69)71)75(100)53-92(46-40-83(109)110)77(102)57-95(62(5)67-30-18-10-19-31-67)80(105)54-88(43-37-64-24-12-7-13-25-64)73(98)49-86-60(3)65-26-14-8-15-27-65/h7-35,48,59-63,86-87H,36-47,49-58H2,1-6H3,(H2,85,97)(H,107,108)(H,109,110)(H,111,112)/t60-,61-,62-,63-/m0/s1. The van der Waals surface area contributed by atoms with Gasteiger partial charge in [0.15, 0.2) is 0 Å². The number of nitrogens with one attached hydrogen (secondary N) is 2. The van der Waals surface area contributed by atoms with Crippen molar-refractivity contribution in [2.45, 2.75) is 104 Å². The Morgan fingerprint density at radius 2 is 0.679 bits per heavy atom. The Morgan fingerprint density at radius 3 is 1.07 bits per heavy atom. The Labute approximate surface area is 653 Å². The van der Waals surface area contributed by atoms with Crippen LogP contribution < -0.4 is 11.1 Å². The molecule has 10 amide bonds. The van der Waals surface area contributed by atoms with Gasteiger partial charge in [-0.3, -0.25) is 62.3 Å². The number of nitrogens with zero attached hydrogens (tertiary/aromatic N) is 9. The molecule has 0 saturated heterocycles. The number of carboxylic acids is 3. The van der Waals surface area contributed by atoms with Gasteiger partial charge in [-0.1, -0.05) is 184 Å². The van der Waals surface area contributed by atoms with Gasteiger partial charge in [0.25, 0.3) is 0 Å². The molecule has 7 N–H and O–H groups in total. The van der Waals surface area contributed by atoms with E-state index in [0.29, 0.717) is 29.5 Å². The van der Waals surface area contributed by atoms with Gasteiger partial charge in [-0.05, 0) is 92.3 Å². The van der Waals surface area contributed by atoms with Gasteiger partial charge in [-0.2, -0.15) is 0 Å². The van der Waals surface area contributed by atoms with E-state index >= 15 is 24.0 Å². The fourth-order valence-electron chi connectivity index (χ4n) is 12.8. The highest BCUT2D eigenvalue weighted by molar-refractivity contribution is 5.95.